The summed E-state index contributed by atoms with van der Waals surface area (Å²) in [7, 11) is -1.12. The number of nitrogens with one attached hydrogen (secondary N) is 1. The van der Waals surface area contributed by atoms with Gasteiger partial charge >= 0.3 is 0 Å². The van der Waals surface area contributed by atoms with E-state index >= 15 is 0 Å². The highest BCUT2D eigenvalue weighted by Crippen LogP contribution is 2.34. The van der Waals surface area contributed by atoms with E-state index < -0.39 is 9.84 Å². The minimum Gasteiger partial charge on any atom is -0.370 e. The van der Waals surface area contributed by atoms with Crippen molar-refractivity contribution in [3.8, 4) is 0 Å². The molecule has 2 rings (SSSR count). The topological polar surface area (TPSA) is 131 Å². The lowest BCUT2D eigenvalue weighted by Crippen LogP contribution is -2.39. The monoisotopic (exact) mass is 509 g/mol. The van der Waals surface area contributed by atoms with Crippen molar-refractivity contribution in [1.82, 2.24) is 10.2 Å². The van der Waals surface area contributed by atoms with E-state index in [4.69, 9.17) is 11.5 Å². The van der Waals surface area contributed by atoms with Crippen molar-refractivity contribution in [3.63, 3.8) is 0 Å². The third-order valence-electron chi connectivity index (χ3n) is 6.24. The second-order valence-corrected chi connectivity index (χ2v) is 12.4. The van der Waals surface area contributed by atoms with Gasteiger partial charge in [-0.2, -0.15) is 0 Å². The molecule has 0 radical (unpaired) electrons. The van der Waals surface area contributed by atoms with Crippen LogP contribution in [0.2, 0.25) is 0 Å². The smallest absolute Gasteiger partial charge is 0.223 e. The Bertz CT molecular complexity index is 930. The maximum Gasteiger partial charge on any atom is 0.223 e. The number of nitrogens with two attached hydrogens (primary N) is 2. The predicted octanol–water partition coefficient (Wildman–Crippen LogP) is 3.18. The highest BCUT2D eigenvalue weighted by Gasteiger charge is 2.24. The number of hydrogen-bond acceptors (Lipinski definition) is 5. The standard InChI is InChI=1S/C16H26O2S.C10H21N5O/c1-10(2)13-8-14(11(3)4)16(19(7,17)18)15(9-13)12(5)6;1-15-6-2-8(3-7-15)9(16)13-4-5-14-10(11)12/h8-12H,1-7H3;8H,2-7H2,1H3,(H,13,16)(H4,11,12,14). The molecule has 35 heavy (non-hydrogen) atoms. The molecule has 1 fully saturated rings. The number of carbonyl (C=O) groups is 1. The number of nitrogens with zero attached hydrogens (tertiary/aromatic N) is 2. The van der Waals surface area contributed by atoms with Crippen LogP contribution < -0.4 is 16.8 Å². The van der Waals surface area contributed by atoms with E-state index in [1.54, 1.807) is 0 Å². The molecule has 0 aliphatic carbocycles. The minimum atomic E-state index is -3.20. The average Bonchev–Trinajstić information content (AvgIpc) is 2.75. The van der Waals surface area contributed by atoms with Gasteiger partial charge in [-0.3, -0.25) is 9.79 Å². The zero-order valence-corrected chi connectivity index (χ0v) is 23.7. The van der Waals surface area contributed by atoms with E-state index in [-0.39, 0.29) is 29.6 Å². The molecule has 0 spiro atoms. The van der Waals surface area contributed by atoms with Crippen molar-refractivity contribution in [2.45, 2.75) is 77.0 Å². The van der Waals surface area contributed by atoms with Gasteiger partial charge in [0, 0.05) is 18.7 Å². The summed E-state index contributed by atoms with van der Waals surface area (Å²) in [5, 5.41) is 2.85. The van der Waals surface area contributed by atoms with Gasteiger partial charge in [-0.05, 0) is 67.4 Å². The molecule has 8 nitrogen and oxygen atoms in total. The zero-order chi connectivity index (χ0) is 26.9. The minimum absolute atomic E-state index is 0.0635. The molecule has 0 aromatic heterocycles. The lowest BCUT2D eigenvalue weighted by Gasteiger charge is -2.27. The van der Waals surface area contributed by atoms with Gasteiger partial charge in [0.25, 0.3) is 0 Å². The molecule has 1 aliphatic rings. The normalized spacial score (nSPS) is 15.2. The Kier molecular flexibility index (Phi) is 12.2. The van der Waals surface area contributed by atoms with Crippen LogP contribution in [0.25, 0.3) is 0 Å². The van der Waals surface area contributed by atoms with Crippen molar-refractivity contribution in [2.24, 2.45) is 22.4 Å². The third-order valence-corrected chi connectivity index (χ3v) is 7.46. The van der Waals surface area contributed by atoms with Crippen molar-refractivity contribution in [1.29, 1.82) is 0 Å². The molecule has 1 heterocycles. The van der Waals surface area contributed by atoms with Gasteiger partial charge in [0.05, 0.1) is 11.4 Å². The molecule has 0 atom stereocenters. The second kappa shape index (κ2) is 13.8. The summed E-state index contributed by atoms with van der Waals surface area (Å²) in [4.78, 5) is 18.3. The SMILES string of the molecule is CC(C)c1cc(C(C)C)c(S(C)(=O)=O)c(C(C)C)c1.CN1CCC(C(=O)NCCN=C(N)N)CC1. The fraction of sp³-hybridized carbons (Fsp3) is 0.692. The van der Waals surface area contributed by atoms with E-state index in [0.29, 0.717) is 23.9 Å². The first-order chi connectivity index (χ1) is 16.1. The molecule has 0 bridgehead atoms. The maximum atomic E-state index is 12.2. The number of carbonyl (C=O) groups excluding carboxylic acids is 1. The number of hydrogen-bond donors (Lipinski definition) is 3. The van der Waals surface area contributed by atoms with Crippen molar-refractivity contribution in [2.75, 3.05) is 39.5 Å². The summed E-state index contributed by atoms with van der Waals surface area (Å²) >= 11 is 0. The van der Waals surface area contributed by atoms with Gasteiger partial charge in [0.1, 0.15) is 0 Å². The molecule has 1 aromatic carbocycles. The van der Waals surface area contributed by atoms with Crippen LogP contribution in [0, 0.1) is 5.92 Å². The van der Waals surface area contributed by atoms with Crippen LogP contribution in [0.5, 0.6) is 0 Å². The summed E-state index contributed by atoms with van der Waals surface area (Å²) in [5.74, 6) is 1.16. The number of piperidine rings is 1. The lowest BCUT2D eigenvalue weighted by molar-refractivity contribution is -0.126. The Labute approximate surface area is 212 Å². The zero-order valence-electron chi connectivity index (χ0n) is 22.9. The number of amides is 1. The lowest BCUT2D eigenvalue weighted by atomic mass is 9.89. The molecule has 1 aromatic rings. The molecule has 200 valence electrons. The summed E-state index contributed by atoms with van der Waals surface area (Å²) in [6, 6.07) is 4.13. The molecule has 1 amide bonds. The number of sulfone groups is 1. The summed E-state index contributed by atoms with van der Waals surface area (Å²) < 4.78 is 24.3. The number of aliphatic imine (C=N–C) groups is 1. The fourth-order valence-corrected chi connectivity index (χ4v) is 5.54. The van der Waals surface area contributed by atoms with E-state index in [1.165, 1.54) is 11.8 Å². The highest BCUT2D eigenvalue weighted by molar-refractivity contribution is 7.90. The quantitative estimate of drug-likeness (QED) is 0.280. The van der Waals surface area contributed by atoms with Crippen LogP contribution in [0.4, 0.5) is 0 Å². The van der Waals surface area contributed by atoms with Gasteiger partial charge in [-0.15, -0.1) is 0 Å². The number of rotatable bonds is 8. The van der Waals surface area contributed by atoms with Gasteiger partial charge in [0.15, 0.2) is 15.8 Å². The van der Waals surface area contributed by atoms with Gasteiger partial charge in [-0.1, -0.05) is 53.7 Å². The first-order valence-corrected chi connectivity index (χ1v) is 14.4. The first kappa shape index (κ1) is 30.9. The first-order valence-electron chi connectivity index (χ1n) is 12.5. The van der Waals surface area contributed by atoms with E-state index in [0.717, 1.165) is 37.1 Å². The summed E-state index contributed by atoms with van der Waals surface area (Å²) in [5.41, 5.74) is 13.5. The van der Waals surface area contributed by atoms with E-state index in [2.05, 4.69) is 75.9 Å². The van der Waals surface area contributed by atoms with Gasteiger partial charge < -0.3 is 21.7 Å². The van der Waals surface area contributed by atoms with Gasteiger partial charge in [0.2, 0.25) is 5.91 Å². The van der Waals surface area contributed by atoms with Crippen LogP contribution in [0.3, 0.4) is 0 Å². The fourth-order valence-electron chi connectivity index (χ4n) is 4.10. The second-order valence-electron chi connectivity index (χ2n) is 10.4. The van der Waals surface area contributed by atoms with Crippen LogP contribution in [-0.4, -0.2) is 64.7 Å². The molecular formula is C26H47N5O3S. The summed E-state index contributed by atoms with van der Waals surface area (Å²) in [6.45, 7) is 15.4. The molecule has 1 aliphatic heterocycles. The Morgan fingerprint density at radius 3 is 1.89 bits per heavy atom. The molecular weight excluding hydrogens is 462 g/mol. The molecule has 0 saturated carbocycles. The van der Waals surface area contributed by atoms with Crippen LogP contribution in [0.1, 0.15) is 88.8 Å². The number of guanidine groups is 1. The Hall–Kier alpha value is -2.13. The van der Waals surface area contributed by atoms with Gasteiger partial charge in [-0.25, -0.2) is 8.42 Å². The third kappa shape index (κ3) is 10.2. The van der Waals surface area contributed by atoms with Crippen LogP contribution >= 0.6 is 0 Å². The van der Waals surface area contributed by atoms with Crippen molar-refractivity contribution in [3.05, 3.63) is 28.8 Å². The van der Waals surface area contributed by atoms with Crippen molar-refractivity contribution >= 4 is 21.7 Å². The average molecular weight is 510 g/mol. The number of likely N-dealkylation sites (tertiary alicyclic amines) is 1. The molecule has 0 unspecified atom stereocenters. The Morgan fingerprint density at radius 2 is 1.51 bits per heavy atom. The van der Waals surface area contributed by atoms with Crippen LogP contribution in [0.15, 0.2) is 22.0 Å². The predicted molar refractivity (Wildman–Crippen MR) is 146 cm³/mol. The maximum absolute atomic E-state index is 12.2. The highest BCUT2D eigenvalue weighted by atomic mass is 32.2. The van der Waals surface area contributed by atoms with E-state index in [1.807, 2.05) is 0 Å². The van der Waals surface area contributed by atoms with Crippen molar-refractivity contribution < 1.29 is 13.2 Å². The van der Waals surface area contributed by atoms with E-state index in [9.17, 15) is 13.2 Å². The Morgan fingerprint density at radius 1 is 1.03 bits per heavy atom. The number of benzene rings is 1. The summed E-state index contributed by atoms with van der Waals surface area (Å²) in [6.07, 6.45) is 3.18. The molecule has 1 saturated heterocycles. The Balaban J connectivity index is 0.000000355. The largest absolute Gasteiger partial charge is 0.370 e. The molecule has 9 heteroatoms. The van der Waals surface area contributed by atoms with Crippen LogP contribution in [-0.2, 0) is 14.6 Å². The molecule has 5 N–H and O–H groups in total.